The minimum atomic E-state index is -3.45. The first kappa shape index (κ1) is 21.0. The van der Waals surface area contributed by atoms with E-state index in [9.17, 15) is 18.0 Å². The number of nitrogens with zero attached hydrogens (tertiary/aromatic N) is 1. The van der Waals surface area contributed by atoms with Gasteiger partial charge in [0.25, 0.3) is 5.56 Å². The molecule has 2 aromatic rings. The topological polar surface area (TPSA) is 101 Å². The Kier molecular flexibility index (Phi) is 5.70. The van der Waals surface area contributed by atoms with Gasteiger partial charge >= 0.3 is 0 Å². The van der Waals surface area contributed by atoms with Crippen LogP contribution in [0.4, 0.5) is 5.69 Å². The molecular weight excluding hydrogens is 366 g/mol. The third-order valence-electron chi connectivity index (χ3n) is 4.79. The molecule has 1 saturated carbocycles. The predicted octanol–water partition coefficient (Wildman–Crippen LogP) is 2.42. The van der Waals surface area contributed by atoms with Crippen LogP contribution in [0.5, 0.6) is 0 Å². The maximum atomic E-state index is 13.0. The number of benzene rings is 1. The zero-order valence-electron chi connectivity index (χ0n) is 15.3. The highest BCUT2D eigenvalue weighted by Gasteiger charge is 2.26. The van der Waals surface area contributed by atoms with Crippen molar-refractivity contribution in [3.05, 3.63) is 44.9 Å². The molecule has 0 spiro atoms. The lowest BCUT2D eigenvalue weighted by Crippen LogP contribution is -2.21. The number of H-pyrrole nitrogens is 1. The van der Waals surface area contributed by atoms with Crippen molar-refractivity contribution in [3.63, 3.8) is 0 Å². The van der Waals surface area contributed by atoms with Gasteiger partial charge in [-0.25, -0.2) is 8.42 Å². The highest BCUT2D eigenvalue weighted by Crippen LogP contribution is 2.33. The Morgan fingerprint density at radius 3 is 2.41 bits per heavy atom. The van der Waals surface area contributed by atoms with E-state index in [0.29, 0.717) is 35.0 Å². The van der Waals surface area contributed by atoms with Crippen LogP contribution in [-0.2, 0) is 16.9 Å². The number of rotatable bonds is 6. The summed E-state index contributed by atoms with van der Waals surface area (Å²) in [6.45, 7) is 4.05. The fraction of sp³-hybridized carbons (Fsp3) is 0.474. The molecule has 0 unspecified atom stereocenters. The summed E-state index contributed by atoms with van der Waals surface area (Å²) in [5.41, 5.74) is 1.50. The van der Waals surface area contributed by atoms with Crippen LogP contribution in [0.25, 0.3) is 0 Å². The summed E-state index contributed by atoms with van der Waals surface area (Å²) in [6, 6.07) is 2.93. The van der Waals surface area contributed by atoms with Crippen LogP contribution in [0.3, 0.4) is 0 Å². The minimum absolute atomic E-state index is 0. The number of hydrogen-bond acceptors (Lipinski definition) is 5. The van der Waals surface area contributed by atoms with Gasteiger partial charge in [0.2, 0.25) is 5.78 Å². The lowest BCUT2D eigenvalue weighted by Gasteiger charge is -2.16. The quantitative estimate of drug-likeness (QED) is 0.734. The molecule has 0 saturated heterocycles. The van der Waals surface area contributed by atoms with Gasteiger partial charge < -0.3 is 5.32 Å². The molecule has 0 aliphatic heterocycles. The van der Waals surface area contributed by atoms with Crippen LogP contribution in [0, 0.1) is 19.8 Å². The maximum absolute atomic E-state index is 13.0. The minimum Gasteiger partial charge on any atom is -0.383 e. The first-order valence-electron chi connectivity index (χ1n) is 8.49. The molecule has 1 aliphatic carbocycles. The van der Waals surface area contributed by atoms with Crippen molar-refractivity contribution in [2.75, 3.05) is 18.1 Å². The maximum Gasteiger partial charge on any atom is 0.277 e. The fourth-order valence-corrected chi connectivity index (χ4v) is 4.03. The van der Waals surface area contributed by atoms with Crippen LogP contribution in [0.2, 0.25) is 0 Å². The van der Waals surface area contributed by atoms with E-state index >= 15 is 0 Å². The Balaban J connectivity index is 0.00000261. The van der Waals surface area contributed by atoms with E-state index in [1.54, 1.807) is 20.9 Å². The van der Waals surface area contributed by atoms with Crippen LogP contribution in [0.1, 0.15) is 47.4 Å². The number of ketones is 1. The molecule has 1 aromatic heterocycles. The summed E-state index contributed by atoms with van der Waals surface area (Å²) in [6.07, 6.45) is 3.40. The Morgan fingerprint density at radius 1 is 1.30 bits per heavy atom. The molecule has 1 aromatic carbocycles. The van der Waals surface area contributed by atoms with Gasteiger partial charge in [-0.2, -0.15) is 0 Å². The monoisotopic (exact) mass is 393 g/mol. The van der Waals surface area contributed by atoms with Crippen molar-refractivity contribution in [2.45, 2.75) is 39.0 Å². The largest absolute Gasteiger partial charge is 0.383 e. The Labute approximate surface area is 159 Å². The summed E-state index contributed by atoms with van der Waals surface area (Å²) in [5.74, 6) is 0.136. The Hall–Kier alpha value is -2.35. The number of sulfone groups is 1. The number of nitrogens with one attached hydrogen (secondary N) is 2. The first-order chi connectivity index (χ1) is 12.1. The summed E-state index contributed by atoms with van der Waals surface area (Å²) >= 11 is 0. The predicted molar refractivity (Wildman–Crippen MR) is 106 cm³/mol. The smallest absolute Gasteiger partial charge is 0.277 e. The van der Waals surface area contributed by atoms with E-state index in [0.717, 1.165) is 19.1 Å². The van der Waals surface area contributed by atoms with Crippen molar-refractivity contribution in [1.82, 2.24) is 9.78 Å². The first-order valence-corrected chi connectivity index (χ1v) is 10.4. The van der Waals surface area contributed by atoms with Crippen LogP contribution < -0.4 is 10.9 Å². The average Bonchev–Trinajstić information content (AvgIpc) is 3.32. The highest BCUT2D eigenvalue weighted by atomic mass is 32.2. The molecule has 0 amide bonds. The Morgan fingerprint density at radius 2 is 1.93 bits per heavy atom. The van der Waals surface area contributed by atoms with Gasteiger partial charge in [0, 0.05) is 31.1 Å². The van der Waals surface area contributed by atoms with Gasteiger partial charge in [-0.1, -0.05) is 7.43 Å². The summed E-state index contributed by atoms with van der Waals surface area (Å²) in [4.78, 5) is 25.4. The molecule has 1 fully saturated rings. The number of carbonyl (C=O) groups excluding carboxylic acids is 1. The molecule has 0 radical (unpaired) electrons. The lowest BCUT2D eigenvalue weighted by molar-refractivity contribution is 0.103. The van der Waals surface area contributed by atoms with E-state index < -0.39 is 21.2 Å². The number of carbonyl (C=O) groups is 1. The second kappa shape index (κ2) is 7.34. The second-order valence-electron chi connectivity index (χ2n) is 7.01. The molecule has 8 heteroatoms. The van der Waals surface area contributed by atoms with Crippen LogP contribution >= 0.6 is 0 Å². The van der Waals surface area contributed by atoms with Gasteiger partial charge in [-0.3, -0.25) is 19.4 Å². The fourth-order valence-electron chi connectivity index (χ4n) is 3.12. The third kappa shape index (κ3) is 4.00. The molecule has 3 rings (SSSR count). The third-order valence-corrected chi connectivity index (χ3v) is 5.93. The van der Waals surface area contributed by atoms with Crippen molar-refractivity contribution >= 4 is 21.3 Å². The van der Waals surface area contributed by atoms with E-state index in [4.69, 9.17) is 0 Å². The zero-order chi connectivity index (χ0) is 19.2. The van der Waals surface area contributed by atoms with Gasteiger partial charge in [-0.05, 0) is 50.3 Å². The summed E-state index contributed by atoms with van der Waals surface area (Å²) in [5, 5.41) is 6.03. The normalized spacial score (nSPS) is 13.9. The molecule has 148 valence electrons. The van der Waals surface area contributed by atoms with Crippen molar-refractivity contribution in [1.29, 1.82) is 0 Å². The number of hydrogen-bond donors (Lipinski definition) is 2. The Bertz CT molecular complexity index is 1040. The van der Waals surface area contributed by atoms with Crippen molar-refractivity contribution < 1.29 is 13.2 Å². The SMILES string of the molecule is C.Cc1[nH]n(C)c(=O)c1C(=O)c1ccc(S(C)(=O)=O)c(NCC2CC2)c1C. The van der Waals surface area contributed by atoms with Gasteiger partial charge in [0.1, 0.15) is 5.56 Å². The van der Waals surface area contributed by atoms with Crippen molar-refractivity contribution in [3.8, 4) is 0 Å². The summed E-state index contributed by atoms with van der Waals surface area (Å²) < 4.78 is 25.6. The number of aromatic amines is 1. The molecule has 1 aliphatic rings. The molecule has 27 heavy (non-hydrogen) atoms. The van der Waals surface area contributed by atoms with Crippen LogP contribution in [0.15, 0.2) is 21.8 Å². The van der Waals surface area contributed by atoms with Gasteiger partial charge in [0.15, 0.2) is 9.84 Å². The van der Waals surface area contributed by atoms with Crippen molar-refractivity contribution in [2.24, 2.45) is 13.0 Å². The zero-order valence-corrected chi connectivity index (χ0v) is 16.2. The molecule has 0 atom stereocenters. The molecular formula is C19H27N3O4S. The second-order valence-corrected chi connectivity index (χ2v) is 9.00. The standard InChI is InChI=1S/C18H23N3O4S.CH4/c1-10-13(17(22)15-11(2)20-21(3)18(15)23)7-8-14(26(4,24)25)16(10)19-9-12-5-6-12;/h7-8,12,19-20H,5-6,9H2,1-4H3;1H4. The van der Waals surface area contributed by atoms with Gasteiger partial charge in [-0.15, -0.1) is 0 Å². The number of anilines is 1. The van der Waals surface area contributed by atoms with E-state index in [-0.39, 0.29) is 17.9 Å². The highest BCUT2D eigenvalue weighted by molar-refractivity contribution is 7.90. The molecule has 1 heterocycles. The van der Waals surface area contributed by atoms with Crippen LogP contribution in [-0.4, -0.2) is 36.8 Å². The average molecular weight is 394 g/mol. The van der Waals surface area contributed by atoms with Gasteiger partial charge in [0.05, 0.1) is 10.6 Å². The number of aryl methyl sites for hydroxylation is 2. The lowest BCUT2D eigenvalue weighted by atomic mass is 9.98. The molecule has 0 bridgehead atoms. The molecule has 7 nitrogen and oxygen atoms in total. The summed E-state index contributed by atoms with van der Waals surface area (Å²) in [7, 11) is -1.90. The van der Waals surface area contributed by atoms with E-state index in [2.05, 4.69) is 10.4 Å². The number of aromatic nitrogens is 2. The van der Waals surface area contributed by atoms with E-state index in [1.807, 2.05) is 0 Å². The van der Waals surface area contributed by atoms with E-state index in [1.165, 1.54) is 16.8 Å². The molecule has 2 N–H and O–H groups in total.